The van der Waals surface area contributed by atoms with Crippen molar-refractivity contribution in [2.45, 2.75) is 51.9 Å². The van der Waals surface area contributed by atoms with E-state index in [1.54, 1.807) is 25.7 Å². The van der Waals surface area contributed by atoms with Crippen molar-refractivity contribution in [2.24, 2.45) is 5.92 Å². The topological polar surface area (TPSA) is 51.5 Å². The second kappa shape index (κ2) is 7.62. The Kier molecular flexibility index (Phi) is 6.09. The average molecular weight is 439 g/mol. The number of amides is 1. The van der Waals surface area contributed by atoms with Crippen LogP contribution in [-0.2, 0) is 17.5 Å². The first kappa shape index (κ1) is 20.8. The number of likely N-dealkylation sites (tertiary alicyclic amines) is 1. The minimum atomic E-state index is -4.52. The van der Waals surface area contributed by atoms with E-state index in [1.807, 2.05) is 0 Å². The molecule has 1 amide bonds. The van der Waals surface area contributed by atoms with Crippen molar-refractivity contribution in [1.29, 1.82) is 0 Å². The molecule has 1 aromatic rings. The van der Waals surface area contributed by atoms with Crippen LogP contribution in [0.15, 0.2) is 21.5 Å². The molecule has 0 bridgehead atoms. The summed E-state index contributed by atoms with van der Waals surface area (Å²) >= 11 is 2.91. The van der Waals surface area contributed by atoms with E-state index in [0.717, 1.165) is 16.8 Å². The van der Waals surface area contributed by atoms with Gasteiger partial charge in [-0.1, -0.05) is 0 Å². The standard InChI is InChI=1S/C17H22BrF3N2O3/c1-16(2,3)26-15(25)22-6-4-11(5-7-22)9-23-10-12(17(19,20)21)8-13(18)14(23)24/h8,10-11H,4-7,9H2,1-3H3. The van der Waals surface area contributed by atoms with E-state index >= 15 is 0 Å². The third kappa shape index (κ3) is 5.49. The second-order valence-corrected chi connectivity index (χ2v) is 8.30. The summed E-state index contributed by atoms with van der Waals surface area (Å²) < 4.78 is 45.1. The van der Waals surface area contributed by atoms with E-state index in [9.17, 15) is 22.8 Å². The molecule has 0 aromatic carbocycles. The summed E-state index contributed by atoms with van der Waals surface area (Å²) in [7, 11) is 0. The van der Waals surface area contributed by atoms with Crippen LogP contribution in [0.5, 0.6) is 0 Å². The first-order chi connectivity index (χ1) is 11.9. The number of alkyl halides is 3. The molecule has 9 heteroatoms. The number of carbonyl (C=O) groups is 1. The molecule has 146 valence electrons. The Labute approximate surface area is 158 Å². The van der Waals surface area contributed by atoms with Crippen molar-refractivity contribution < 1.29 is 22.7 Å². The fraction of sp³-hybridized carbons (Fsp3) is 0.647. The zero-order valence-corrected chi connectivity index (χ0v) is 16.5. The predicted molar refractivity (Wildman–Crippen MR) is 93.9 cm³/mol. The molecule has 0 spiro atoms. The molecule has 5 nitrogen and oxygen atoms in total. The van der Waals surface area contributed by atoms with Gasteiger partial charge in [0, 0.05) is 25.8 Å². The maximum absolute atomic E-state index is 12.9. The van der Waals surface area contributed by atoms with E-state index < -0.39 is 29.0 Å². The Bertz CT molecular complexity index is 717. The Morgan fingerprint density at radius 3 is 2.35 bits per heavy atom. The molecule has 2 heterocycles. The lowest BCUT2D eigenvalue weighted by molar-refractivity contribution is -0.138. The summed E-state index contributed by atoms with van der Waals surface area (Å²) in [5, 5.41) is 0. The number of aromatic nitrogens is 1. The summed E-state index contributed by atoms with van der Waals surface area (Å²) in [5.41, 5.74) is -1.94. The van der Waals surface area contributed by atoms with Crippen LogP contribution in [0.1, 0.15) is 39.2 Å². The SMILES string of the molecule is CC(C)(C)OC(=O)N1CCC(Cn2cc(C(F)(F)F)cc(Br)c2=O)CC1. The summed E-state index contributed by atoms with van der Waals surface area (Å²) in [6.07, 6.45) is -2.86. The third-order valence-electron chi connectivity index (χ3n) is 4.09. The Morgan fingerprint density at radius 2 is 1.85 bits per heavy atom. The molecule has 0 aliphatic carbocycles. The van der Waals surface area contributed by atoms with Gasteiger partial charge in [-0.2, -0.15) is 13.2 Å². The highest BCUT2D eigenvalue weighted by Gasteiger charge is 2.32. The normalized spacial score (nSPS) is 16.7. The van der Waals surface area contributed by atoms with Crippen molar-refractivity contribution in [2.75, 3.05) is 13.1 Å². The fourth-order valence-electron chi connectivity index (χ4n) is 2.79. The summed E-state index contributed by atoms with van der Waals surface area (Å²) in [5.74, 6) is 0.0155. The third-order valence-corrected chi connectivity index (χ3v) is 4.66. The van der Waals surface area contributed by atoms with Gasteiger partial charge in [0.15, 0.2) is 0 Å². The van der Waals surface area contributed by atoms with Gasteiger partial charge in [-0.15, -0.1) is 0 Å². The summed E-state index contributed by atoms with van der Waals surface area (Å²) in [6.45, 7) is 6.45. The second-order valence-electron chi connectivity index (χ2n) is 7.44. The van der Waals surface area contributed by atoms with Gasteiger partial charge in [-0.05, 0) is 61.5 Å². The van der Waals surface area contributed by atoms with Gasteiger partial charge in [0.25, 0.3) is 5.56 Å². The van der Waals surface area contributed by atoms with Crippen LogP contribution >= 0.6 is 15.9 Å². The zero-order chi connectivity index (χ0) is 19.7. The van der Waals surface area contributed by atoms with Crippen LogP contribution in [0.3, 0.4) is 0 Å². The highest BCUT2D eigenvalue weighted by molar-refractivity contribution is 9.10. The van der Waals surface area contributed by atoms with Gasteiger partial charge >= 0.3 is 12.3 Å². The zero-order valence-electron chi connectivity index (χ0n) is 14.9. The van der Waals surface area contributed by atoms with Crippen LogP contribution in [0.2, 0.25) is 0 Å². The van der Waals surface area contributed by atoms with E-state index in [4.69, 9.17) is 4.74 Å². The molecule has 1 aromatic heterocycles. The van der Waals surface area contributed by atoms with Crippen molar-refractivity contribution in [1.82, 2.24) is 9.47 Å². The number of carbonyl (C=O) groups excluding carboxylic acids is 1. The molecule has 0 saturated carbocycles. The van der Waals surface area contributed by atoms with E-state index in [-0.39, 0.29) is 16.9 Å². The van der Waals surface area contributed by atoms with Crippen molar-refractivity contribution in [3.63, 3.8) is 0 Å². The number of hydrogen-bond acceptors (Lipinski definition) is 3. The van der Waals surface area contributed by atoms with Crippen LogP contribution in [0, 0.1) is 5.92 Å². The van der Waals surface area contributed by atoms with Crippen LogP contribution < -0.4 is 5.56 Å². The maximum Gasteiger partial charge on any atom is 0.417 e. The van der Waals surface area contributed by atoms with Gasteiger partial charge in [0.2, 0.25) is 0 Å². The highest BCUT2D eigenvalue weighted by Crippen LogP contribution is 2.30. The van der Waals surface area contributed by atoms with Crippen LogP contribution in [0.4, 0.5) is 18.0 Å². The lowest BCUT2D eigenvalue weighted by atomic mass is 9.97. The van der Waals surface area contributed by atoms with Crippen LogP contribution in [0.25, 0.3) is 0 Å². The average Bonchev–Trinajstić information content (AvgIpc) is 2.49. The molecule has 1 aliphatic heterocycles. The largest absolute Gasteiger partial charge is 0.444 e. The monoisotopic (exact) mass is 438 g/mol. The molecule has 0 N–H and O–H groups in total. The smallest absolute Gasteiger partial charge is 0.417 e. The molecule has 26 heavy (non-hydrogen) atoms. The molecular weight excluding hydrogens is 417 g/mol. The number of piperidine rings is 1. The number of rotatable bonds is 2. The first-order valence-corrected chi connectivity index (χ1v) is 9.11. The number of ether oxygens (including phenoxy) is 1. The van der Waals surface area contributed by atoms with E-state index in [2.05, 4.69) is 15.9 Å². The first-order valence-electron chi connectivity index (χ1n) is 8.32. The van der Waals surface area contributed by atoms with E-state index in [0.29, 0.717) is 25.9 Å². The molecule has 1 saturated heterocycles. The highest BCUT2D eigenvalue weighted by atomic mass is 79.9. The van der Waals surface area contributed by atoms with Gasteiger partial charge in [0.05, 0.1) is 10.0 Å². The maximum atomic E-state index is 12.9. The van der Waals surface area contributed by atoms with Crippen molar-refractivity contribution in [3.8, 4) is 0 Å². The summed E-state index contributed by atoms with van der Waals surface area (Å²) in [6, 6.07) is 0.796. The van der Waals surface area contributed by atoms with Gasteiger partial charge in [-0.3, -0.25) is 4.79 Å². The molecule has 0 radical (unpaired) electrons. The molecule has 0 unspecified atom stereocenters. The minimum absolute atomic E-state index is 0.0155. The molecular formula is C17H22BrF3N2O3. The minimum Gasteiger partial charge on any atom is -0.444 e. The molecule has 1 aliphatic rings. The Morgan fingerprint density at radius 1 is 1.27 bits per heavy atom. The number of nitrogens with zero attached hydrogens (tertiary/aromatic N) is 2. The van der Waals surface area contributed by atoms with E-state index in [1.165, 1.54) is 0 Å². The van der Waals surface area contributed by atoms with Crippen LogP contribution in [-0.4, -0.2) is 34.3 Å². The Hall–Kier alpha value is -1.51. The number of halogens is 4. The molecule has 2 rings (SSSR count). The number of pyridine rings is 1. The quantitative estimate of drug-likeness (QED) is 0.692. The molecule has 1 fully saturated rings. The lowest BCUT2D eigenvalue weighted by Crippen LogP contribution is -2.42. The fourth-order valence-corrected chi connectivity index (χ4v) is 3.27. The van der Waals surface area contributed by atoms with Gasteiger partial charge < -0.3 is 14.2 Å². The summed E-state index contributed by atoms with van der Waals surface area (Å²) in [4.78, 5) is 25.8. The lowest BCUT2D eigenvalue weighted by Gasteiger charge is -2.33. The van der Waals surface area contributed by atoms with Crippen molar-refractivity contribution in [3.05, 3.63) is 32.7 Å². The van der Waals surface area contributed by atoms with Crippen molar-refractivity contribution >= 4 is 22.0 Å². The molecule has 0 atom stereocenters. The van der Waals surface area contributed by atoms with Gasteiger partial charge in [-0.25, -0.2) is 4.79 Å². The predicted octanol–water partition coefficient (Wildman–Crippen LogP) is 4.28. The Balaban J connectivity index is 2.03. The number of hydrogen-bond donors (Lipinski definition) is 0. The van der Waals surface area contributed by atoms with Gasteiger partial charge in [0.1, 0.15) is 5.60 Å².